The molecule has 0 aromatic rings. The zero-order chi connectivity index (χ0) is 9.73. The molecule has 0 spiro atoms. The number of rotatable bonds is 3. The lowest BCUT2D eigenvalue weighted by Gasteiger charge is -2.39. The number of hydrogen-bond donors (Lipinski definition) is 1. The molecule has 3 heteroatoms. The molecule has 3 nitrogen and oxygen atoms in total. The molecule has 1 saturated heterocycles. The van der Waals surface area contributed by atoms with Crippen molar-refractivity contribution in [3.63, 3.8) is 0 Å². The van der Waals surface area contributed by atoms with Gasteiger partial charge in [-0.2, -0.15) is 0 Å². The molecule has 0 aromatic carbocycles. The van der Waals surface area contributed by atoms with E-state index in [1.165, 1.54) is 0 Å². The minimum absolute atomic E-state index is 0.0774. The van der Waals surface area contributed by atoms with Gasteiger partial charge >= 0.3 is 0 Å². The Kier molecular flexibility index (Phi) is 3.73. The first-order valence-electron chi connectivity index (χ1n) is 4.57. The van der Waals surface area contributed by atoms with Crippen molar-refractivity contribution in [3.8, 4) is 12.3 Å². The lowest BCUT2D eigenvalue weighted by Crippen LogP contribution is -2.52. The summed E-state index contributed by atoms with van der Waals surface area (Å²) in [5.41, 5.74) is 5.72. The highest BCUT2D eigenvalue weighted by Crippen LogP contribution is 2.28. The summed E-state index contributed by atoms with van der Waals surface area (Å²) in [6.07, 6.45) is 7.48. The maximum Gasteiger partial charge on any atom is 0.0881 e. The van der Waals surface area contributed by atoms with Crippen molar-refractivity contribution in [2.24, 2.45) is 5.73 Å². The van der Waals surface area contributed by atoms with E-state index in [-0.39, 0.29) is 11.6 Å². The van der Waals surface area contributed by atoms with E-state index in [2.05, 4.69) is 5.92 Å². The minimum Gasteiger partial charge on any atom is -0.381 e. The molecule has 0 aliphatic carbocycles. The second-order valence-electron chi connectivity index (χ2n) is 3.40. The Labute approximate surface area is 79.6 Å². The highest BCUT2D eigenvalue weighted by molar-refractivity contribution is 5.00. The predicted molar refractivity (Wildman–Crippen MR) is 51.2 cm³/mol. The van der Waals surface area contributed by atoms with E-state index in [0.717, 1.165) is 12.8 Å². The number of nitrogens with two attached hydrogens (primary N) is 1. The molecule has 1 unspecified atom stereocenters. The molecule has 1 atom stereocenters. The van der Waals surface area contributed by atoms with Crippen LogP contribution in [-0.2, 0) is 9.47 Å². The van der Waals surface area contributed by atoms with Crippen molar-refractivity contribution in [2.45, 2.75) is 30.9 Å². The van der Waals surface area contributed by atoms with Crippen LogP contribution in [0, 0.1) is 12.3 Å². The van der Waals surface area contributed by atoms with Gasteiger partial charge in [0.25, 0.3) is 0 Å². The predicted octanol–water partition coefficient (Wildman–Crippen LogP) is 0.533. The Morgan fingerprint density at radius 2 is 2.23 bits per heavy atom. The molecule has 0 saturated carbocycles. The van der Waals surface area contributed by atoms with Crippen LogP contribution in [0.5, 0.6) is 0 Å². The lowest BCUT2D eigenvalue weighted by molar-refractivity contribution is -0.103. The Balaban J connectivity index is 2.61. The molecule has 0 radical (unpaired) electrons. The molecule has 1 fully saturated rings. The summed E-state index contributed by atoms with van der Waals surface area (Å²) in [4.78, 5) is 0. The molecule has 2 N–H and O–H groups in total. The van der Waals surface area contributed by atoms with E-state index in [0.29, 0.717) is 19.6 Å². The van der Waals surface area contributed by atoms with Gasteiger partial charge in [0, 0.05) is 45.6 Å². The quantitative estimate of drug-likeness (QED) is 0.649. The maximum absolute atomic E-state index is 5.98. The normalized spacial score (nSPS) is 23.5. The van der Waals surface area contributed by atoms with Crippen LogP contribution in [0.15, 0.2) is 0 Å². The molecule has 0 amide bonds. The average Bonchev–Trinajstić information content (AvgIpc) is 2.19. The second kappa shape index (κ2) is 4.61. The molecule has 1 aliphatic rings. The summed E-state index contributed by atoms with van der Waals surface area (Å²) >= 11 is 0. The SMILES string of the molecule is C#CCC(N)C1(OC)CCOCC1. The summed E-state index contributed by atoms with van der Waals surface area (Å²) in [6, 6.07) is -0.0774. The van der Waals surface area contributed by atoms with Crippen LogP contribution in [0.1, 0.15) is 19.3 Å². The zero-order valence-electron chi connectivity index (χ0n) is 8.08. The van der Waals surface area contributed by atoms with Gasteiger partial charge < -0.3 is 15.2 Å². The molecule has 13 heavy (non-hydrogen) atoms. The van der Waals surface area contributed by atoms with Crippen molar-refractivity contribution < 1.29 is 9.47 Å². The van der Waals surface area contributed by atoms with Crippen molar-refractivity contribution in [1.82, 2.24) is 0 Å². The van der Waals surface area contributed by atoms with Crippen LogP contribution < -0.4 is 5.73 Å². The van der Waals surface area contributed by atoms with Gasteiger partial charge in [-0.3, -0.25) is 0 Å². The van der Waals surface area contributed by atoms with Gasteiger partial charge in [0.05, 0.1) is 5.60 Å². The lowest BCUT2D eigenvalue weighted by atomic mass is 9.85. The number of methoxy groups -OCH3 is 1. The number of ether oxygens (including phenoxy) is 2. The van der Waals surface area contributed by atoms with Crippen LogP contribution in [0.2, 0.25) is 0 Å². The fraction of sp³-hybridized carbons (Fsp3) is 0.800. The number of terminal acetylenes is 1. The Morgan fingerprint density at radius 1 is 1.62 bits per heavy atom. The molecule has 0 bridgehead atoms. The molecule has 0 aromatic heterocycles. The summed E-state index contributed by atoms with van der Waals surface area (Å²) in [5, 5.41) is 0. The van der Waals surface area contributed by atoms with Gasteiger partial charge in [0.2, 0.25) is 0 Å². The number of hydrogen-bond acceptors (Lipinski definition) is 3. The molecular weight excluding hydrogens is 166 g/mol. The van der Waals surface area contributed by atoms with E-state index in [1.54, 1.807) is 7.11 Å². The maximum atomic E-state index is 5.98. The van der Waals surface area contributed by atoms with Crippen LogP contribution in [0.4, 0.5) is 0 Å². The van der Waals surface area contributed by atoms with Crippen molar-refractivity contribution in [1.29, 1.82) is 0 Å². The zero-order valence-corrected chi connectivity index (χ0v) is 8.08. The van der Waals surface area contributed by atoms with E-state index < -0.39 is 0 Å². The first-order chi connectivity index (χ1) is 6.25. The van der Waals surface area contributed by atoms with Gasteiger partial charge in [-0.25, -0.2) is 0 Å². The van der Waals surface area contributed by atoms with E-state index >= 15 is 0 Å². The third kappa shape index (κ3) is 2.22. The fourth-order valence-corrected chi connectivity index (χ4v) is 1.76. The highest BCUT2D eigenvalue weighted by atomic mass is 16.5. The van der Waals surface area contributed by atoms with Crippen molar-refractivity contribution in [3.05, 3.63) is 0 Å². The third-order valence-electron chi connectivity index (χ3n) is 2.76. The van der Waals surface area contributed by atoms with Crippen LogP contribution in [0.25, 0.3) is 0 Å². The van der Waals surface area contributed by atoms with E-state index in [4.69, 9.17) is 21.6 Å². The van der Waals surface area contributed by atoms with Crippen LogP contribution >= 0.6 is 0 Å². The van der Waals surface area contributed by atoms with Gasteiger partial charge in [-0.1, -0.05) is 0 Å². The molecule has 1 aliphatic heterocycles. The smallest absolute Gasteiger partial charge is 0.0881 e. The molecule has 74 valence electrons. The first kappa shape index (κ1) is 10.5. The standard InChI is InChI=1S/C10H17NO2/c1-3-4-9(11)10(12-2)5-7-13-8-6-10/h1,9H,4-8,11H2,2H3. The monoisotopic (exact) mass is 183 g/mol. The van der Waals surface area contributed by atoms with Gasteiger partial charge in [0.1, 0.15) is 0 Å². The fourth-order valence-electron chi connectivity index (χ4n) is 1.76. The third-order valence-corrected chi connectivity index (χ3v) is 2.76. The highest BCUT2D eigenvalue weighted by Gasteiger charge is 2.37. The van der Waals surface area contributed by atoms with Crippen LogP contribution in [0.3, 0.4) is 0 Å². The summed E-state index contributed by atoms with van der Waals surface area (Å²) in [5.74, 6) is 2.58. The van der Waals surface area contributed by atoms with Crippen LogP contribution in [-0.4, -0.2) is 32.0 Å². The molecular formula is C10H17NO2. The molecule has 1 rings (SSSR count). The van der Waals surface area contributed by atoms with Crippen molar-refractivity contribution in [2.75, 3.05) is 20.3 Å². The topological polar surface area (TPSA) is 44.5 Å². The summed E-state index contributed by atoms with van der Waals surface area (Å²) in [6.45, 7) is 1.43. The van der Waals surface area contributed by atoms with E-state index in [1.807, 2.05) is 0 Å². The Morgan fingerprint density at radius 3 is 2.69 bits per heavy atom. The van der Waals surface area contributed by atoms with Gasteiger partial charge in [-0.05, 0) is 0 Å². The molecule has 1 heterocycles. The first-order valence-corrected chi connectivity index (χ1v) is 4.57. The Hall–Kier alpha value is -0.560. The average molecular weight is 183 g/mol. The second-order valence-corrected chi connectivity index (χ2v) is 3.40. The Bertz CT molecular complexity index is 192. The summed E-state index contributed by atoms with van der Waals surface area (Å²) < 4.78 is 10.8. The van der Waals surface area contributed by atoms with E-state index in [9.17, 15) is 0 Å². The largest absolute Gasteiger partial charge is 0.381 e. The van der Waals surface area contributed by atoms with Gasteiger partial charge in [0.15, 0.2) is 0 Å². The van der Waals surface area contributed by atoms with Crippen molar-refractivity contribution >= 4 is 0 Å². The minimum atomic E-state index is -0.259. The van der Waals surface area contributed by atoms with Gasteiger partial charge in [-0.15, -0.1) is 12.3 Å². The summed E-state index contributed by atoms with van der Waals surface area (Å²) in [7, 11) is 1.70.